The first-order valence-electron chi connectivity index (χ1n) is 6.17. The Morgan fingerprint density at radius 3 is 2.25 bits per heavy atom. The summed E-state index contributed by atoms with van der Waals surface area (Å²) in [5.74, 6) is 0.0292. The van der Waals surface area contributed by atoms with Crippen molar-refractivity contribution >= 4 is 5.91 Å². The highest BCUT2D eigenvalue weighted by Gasteiger charge is 2.32. The van der Waals surface area contributed by atoms with Gasteiger partial charge in [0, 0.05) is 20.2 Å². The van der Waals surface area contributed by atoms with E-state index in [9.17, 15) is 4.79 Å². The van der Waals surface area contributed by atoms with Crippen LogP contribution < -0.4 is 5.73 Å². The third-order valence-corrected chi connectivity index (χ3v) is 3.19. The van der Waals surface area contributed by atoms with E-state index in [1.807, 2.05) is 13.8 Å². The molecule has 0 saturated heterocycles. The molecule has 0 heterocycles. The Morgan fingerprint density at radius 1 is 1.25 bits per heavy atom. The average Bonchev–Trinajstić information content (AvgIpc) is 2.32. The Bertz CT molecular complexity index is 203. The first kappa shape index (κ1) is 15.4. The van der Waals surface area contributed by atoms with Gasteiger partial charge in [0.15, 0.2) is 0 Å². The number of rotatable bonds is 8. The van der Waals surface area contributed by atoms with Crippen molar-refractivity contribution in [2.45, 2.75) is 51.5 Å². The fraction of sp³-hybridized carbons (Fsp3) is 0.917. The molecule has 0 aromatic carbocycles. The SMILES string of the molecule is CCC(N)(CC)C(=O)N(C)CCCCCO. The summed E-state index contributed by atoms with van der Waals surface area (Å²) in [6.45, 7) is 4.84. The quantitative estimate of drug-likeness (QED) is 0.614. The molecule has 0 aliphatic rings. The van der Waals surface area contributed by atoms with Crippen LogP contribution in [0.4, 0.5) is 0 Å². The lowest BCUT2D eigenvalue weighted by Gasteiger charge is -2.30. The van der Waals surface area contributed by atoms with E-state index in [-0.39, 0.29) is 12.5 Å². The molecule has 0 spiro atoms. The molecule has 4 heteroatoms. The van der Waals surface area contributed by atoms with Gasteiger partial charge in [-0.15, -0.1) is 0 Å². The number of likely N-dealkylation sites (N-methyl/N-ethyl adjacent to an activating group) is 1. The third kappa shape index (κ3) is 4.49. The molecular formula is C12H26N2O2. The van der Waals surface area contributed by atoms with Crippen molar-refractivity contribution in [1.82, 2.24) is 4.90 Å². The monoisotopic (exact) mass is 230 g/mol. The van der Waals surface area contributed by atoms with E-state index in [2.05, 4.69) is 0 Å². The van der Waals surface area contributed by atoms with E-state index < -0.39 is 5.54 Å². The zero-order valence-electron chi connectivity index (χ0n) is 10.8. The van der Waals surface area contributed by atoms with Crippen molar-refractivity contribution in [2.75, 3.05) is 20.2 Å². The molecule has 0 unspecified atom stereocenters. The lowest BCUT2D eigenvalue weighted by Crippen LogP contribution is -2.53. The Kier molecular flexibility index (Phi) is 7.34. The van der Waals surface area contributed by atoms with Crippen molar-refractivity contribution in [1.29, 1.82) is 0 Å². The lowest BCUT2D eigenvalue weighted by molar-refractivity contribution is -0.136. The largest absolute Gasteiger partial charge is 0.396 e. The second-order valence-corrected chi connectivity index (χ2v) is 4.37. The van der Waals surface area contributed by atoms with Crippen LogP contribution in [0.1, 0.15) is 46.0 Å². The van der Waals surface area contributed by atoms with Gasteiger partial charge in [0.05, 0.1) is 5.54 Å². The van der Waals surface area contributed by atoms with E-state index in [1.165, 1.54) is 0 Å². The summed E-state index contributed by atoms with van der Waals surface area (Å²) < 4.78 is 0. The van der Waals surface area contributed by atoms with Gasteiger partial charge in [-0.25, -0.2) is 0 Å². The third-order valence-electron chi connectivity index (χ3n) is 3.19. The molecule has 96 valence electrons. The molecule has 0 aliphatic heterocycles. The number of unbranched alkanes of at least 4 members (excludes halogenated alkanes) is 2. The van der Waals surface area contributed by atoms with Crippen LogP contribution in [-0.2, 0) is 4.79 Å². The fourth-order valence-electron chi connectivity index (χ4n) is 1.67. The highest BCUT2D eigenvalue weighted by molar-refractivity contribution is 5.85. The van der Waals surface area contributed by atoms with E-state index in [0.29, 0.717) is 12.8 Å². The molecule has 4 nitrogen and oxygen atoms in total. The molecule has 0 radical (unpaired) electrons. The van der Waals surface area contributed by atoms with Crippen molar-refractivity contribution in [2.24, 2.45) is 5.73 Å². The highest BCUT2D eigenvalue weighted by atomic mass is 16.2. The molecule has 0 bridgehead atoms. The number of nitrogens with zero attached hydrogens (tertiary/aromatic N) is 1. The van der Waals surface area contributed by atoms with Crippen LogP contribution in [0.25, 0.3) is 0 Å². The summed E-state index contributed by atoms with van der Waals surface area (Å²) in [7, 11) is 1.80. The number of aliphatic hydroxyl groups excluding tert-OH is 1. The van der Waals surface area contributed by atoms with Crippen molar-refractivity contribution in [3.63, 3.8) is 0 Å². The number of carbonyl (C=O) groups is 1. The maximum atomic E-state index is 12.0. The molecule has 1 amide bonds. The molecule has 3 N–H and O–H groups in total. The fourth-order valence-corrected chi connectivity index (χ4v) is 1.67. The molecule has 0 fully saturated rings. The number of carbonyl (C=O) groups excluding carboxylic acids is 1. The minimum absolute atomic E-state index is 0.0292. The summed E-state index contributed by atoms with van der Waals surface area (Å²) in [5.41, 5.74) is 5.34. The van der Waals surface area contributed by atoms with Crippen molar-refractivity contribution in [3.05, 3.63) is 0 Å². The van der Waals surface area contributed by atoms with Gasteiger partial charge in [-0.05, 0) is 32.1 Å². The van der Waals surface area contributed by atoms with Crippen LogP contribution in [0.15, 0.2) is 0 Å². The first-order valence-corrected chi connectivity index (χ1v) is 6.17. The number of amides is 1. The molecule has 0 aliphatic carbocycles. The topological polar surface area (TPSA) is 66.6 Å². The van der Waals surface area contributed by atoms with E-state index in [4.69, 9.17) is 10.8 Å². The van der Waals surface area contributed by atoms with E-state index >= 15 is 0 Å². The lowest BCUT2D eigenvalue weighted by atomic mass is 9.92. The van der Waals surface area contributed by atoms with Crippen molar-refractivity contribution in [3.8, 4) is 0 Å². The minimum Gasteiger partial charge on any atom is -0.396 e. The van der Waals surface area contributed by atoms with Crippen LogP contribution in [0.3, 0.4) is 0 Å². The second-order valence-electron chi connectivity index (χ2n) is 4.37. The predicted octanol–water partition coefficient (Wildman–Crippen LogP) is 1.12. The summed E-state index contributed by atoms with van der Waals surface area (Å²) in [6.07, 6.45) is 4.01. The number of hydrogen-bond acceptors (Lipinski definition) is 3. The summed E-state index contributed by atoms with van der Waals surface area (Å²) in [4.78, 5) is 13.8. The smallest absolute Gasteiger partial charge is 0.242 e. The molecule has 0 atom stereocenters. The van der Waals surface area contributed by atoms with E-state index in [0.717, 1.165) is 25.8 Å². The normalized spacial score (nSPS) is 11.6. The Balaban J connectivity index is 4.07. The van der Waals surface area contributed by atoms with Crippen LogP contribution >= 0.6 is 0 Å². The van der Waals surface area contributed by atoms with Crippen LogP contribution in [0.5, 0.6) is 0 Å². The standard InChI is InChI=1S/C12H26N2O2/c1-4-12(13,5-2)11(16)14(3)9-7-6-8-10-15/h15H,4-10,13H2,1-3H3. The Labute approximate surface area is 98.8 Å². The highest BCUT2D eigenvalue weighted by Crippen LogP contribution is 2.14. The van der Waals surface area contributed by atoms with Crippen molar-refractivity contribution < 1.29 is 9.90 Å². The van der Waals surface area contributed by atoms with Crippen LogP contribution in [0, 0.1) is 0 Å². The first-order chi connectivity index (χ1) is 7.51. The van der Waals surface area contributed by atoms with Gasteiger partial charge < -0.3 is 15.7 Å². The van der Waals surface area contributed by atoms with Gasteiger partial charge in [0.1, 0.15) is 0 Å². The zero-order valence-corrected chi connectivity index (χ0v) is 10.8. The average molecular weight is 230 g/mol. The maximum Gasteiger partial charge on any atom is 0.242 e. The predicted molar refractivity (Wildman–Crippen MR) is 66.1 cm³/mol. The number of nitrogens with two attached hydrogens (primary N) is 1. The molecule has 16 heavy (non-hydrogen) atoms. The van der Waals surface area contributed by atoms with Gasteiger partial charge in [-0.2, -0.15) is 0 Å². The Morgan fingerprint density at radius 2 is 1.81 bits per heavy atom. The number of hydrogen-bond donors (Lipinski definition) is 2. The zero-order chi connectivity index (χ0) is 12.6. The summed E-state index contributed by atoms with van der Waals surface area (Å²) >= 11 is 0. The number of aliphatic hydroxyl groups is 1. The maximum absolute atomic E-state index is 12.0. The molecule has 0 rings (SSSR count). The molecule has 0 aromatic rings. The van der Waals surface area contributed by atoms with Gasteiger partial charge in [-0.3, -0.25) is 4.79 Å². The molecular weight excluding hydrogens is 204 g/mol. The Hall–Kier alpha value is -0.610. The molecule has 0 saturated carbocycles. The van der Waals surface area contributed by atoms with Gasteiger partial charge in [-0.1, -0.05) is 13.8 Å². The van der Waals surface area contributed by atoms with E-state index in [1.54, 1.807) is 11.9 Å². The second kappa shape index (κ2) is 7.63. The van der Waals surface area contributed by atoms with Crippen LogP contribution in [0.2, 0.25) is 0 Å². The molecule has 0 aromatic heterocycles. The summed E-state index contributed by atoms with van der Waals surface area (Å²) in [5, 5.41) is 8.65. The minimum atomic E-state index is -0.703. The van der Waals surface area contributed by atoms with Crippen LogP contribution in [-0.4, -0.2) is 41.7 Å². The van der Waals surface area contributed by atoms with Gasteiger partial charge in [0.2, 0.25) is 5.91 Å². The summed E-state index contributed by atoms with van der Waals surface area (Å²) in [6, 6.07) is 0. The van der Waals surface area contributed by atoms with Gasteiger partial charge in [0.25, 0.3) is 0 Å². The van der Waals surface area contributed by atoms with Gasteiger partial charge >= 0.3 is 0 Å².